The van der Waals surface area contributed by atoms with E-state index in [2.05, 4.69) is 25.9 Å². The third-order valence-electron chi connectivity index (χ3n) is 3.17. The smallest absolute Gasteiger partial charge is 0.225 e. The summed E-state index contributed by atoms with van der Waals surface area (Å²) in [4.78, 5) is 13.4. The zero-order valence-corrected chi connectivity index (χ0v) is 12.8. The van der Waals surface area contributed by atoms with Crippen LogP contribution in [0.5, 0.6) is 0 Å². The van der Waals surface area contributed by atoms with Crippen LogP contribution >= 0.6 is 15.9 Å². The Kier molecular flexibility index (Phi) is 3.94. The van der Waals surface area contributed by atoms with E-state index in [9.17, 15) is 5.26 Å². The lowest BCUT2D eigenvalue weighted by Gasteiger charge is -2.29. The van der Waals surface area contributed by atoms with Crippen LogP contribution in [-0.4, -0.2) is 28.3 Å². The van der Waals surface area contributed by atoms with Gasteiger partial charge in [0.2, 0.25) is 11.5 Å². The van der Waals surface area contributed by atoms with E-state index in [4.69, 9.17) is 9.62 Å². The first-order valence-electron chi connectivity index (χ1n) is 6.11. The number of pyridine rings is 1. The van der Waals surface area contributed by atoms with Crippen LogP contribution in [0.2, 0.25) is 0 Å². The predicted molar refractivity (Wildman–Crippen MR) is 75.1 cm³/mol. The molecule has 1 N–H and O–H groups in total. The molecule has 0 aliphatic carbocycles. The van der Waals surface area contributed by atoms with Crippen molar-refractivity contribution in [1.29, 1.82) is 0 Å². The molecule has 0 spiro atoms. The van der Waals surface area contributed by atoms with Crippen LogP contribution in [0.25, 0.3) is 0 Å². The Labute approximate surface area is 120 Å². The van der Waals surface area contributed by atoms with Gasteiger partial charge in [0.1, 0.15) is 6.61 Å². The van der Waals surface area contributed by atoms with Gasteiger partial charge in [0.25, 0.3) is 0 Å². The fourth-order valence-electron chi connectivity index (χ4n) is 2.10. The monoisotopic (exact) mass is 328 g/mol. The third-order valence-corrected chi connectivity index (χ3v) is 3.80. The van der Waals surface area contributed by atoms with E-state index >= 15 is 0 Å². The summed E-state index contributed by atoms with van der Waals surface area (Å²) in [6.07, 6.45) is 3.78. The quantitative estimate of drug-likeness (QED) is 0.681. The highest BCUT2D eigenvalue weighted by Gasteiger charge is 2.46. The lowest BCUT2D eigenvalue weighted by molar-refractivity contribution is -0.310. The van der Waals surface area contributed by atoms with E-state index in [0.717, 1.165) is 10.0 Å². The average Bonchev–Trinajstić information content (AvgIpc) is 2.74. The molecule has 1 aromatic heterocycles. The van der Waals surface area contributed by atoms with Crippen molar-refractivity contribution in [2.45, 2.75) is 38.3 Å². The Bertz CT molecular complexity index is 498. The molecule has 0 saturated carbocycles. The Morgan fingerprint density at radius 3 is 2.79 bits per heavy atom. The molecule has 2 heterocycles. The summed E-state index contributed by atoms with van der Waals surface area (Å²) >= 11 is 3.43. The van der Waals surface area contributed by atoms with E-state index in [0.29, 0.717) is 18.9 Å². The largest absolute Gasteiger partial charge is 0.476 e. The van der Waals surface area contributed by atoms with Crippen molar-refractivity contribution >= 4 is 21.8 Å². The van der Waals surface area contributed by atoms with E-state index in [1.807, 2.05) is 20.8 Å². The molecule has 1 aromatic rings. The molecule has 6 heteroatoms. The summed E-state index contributed by atoms with van der Waals surface area (Å²) in [5.74, 6) is 0.398. The molecule has 2 rings (SSSR count). The van der Waals surface area contributed by atoms with E-state index in [1.165, 1.54) is 0 Å². The maximum absolute atomic E-state index is 9.48. The molecule has 0 saturated heterocycles. The number of aromatic nitrogens is 1. The lowest BCUT2D eigenvalue weighted by atomic mass is 9.91. The molecule has 0 fully saturated rings. The van der Waals surface area contributed by atoms with Crippen molar-refractivity contribution in [3.8, 4) is 0 Å². The van der Waals surface area contributed by atoms with Gasteiger partial charge in [-0.25, -0.2) is 9.88 Å². The molecule has 5 nitrogen and oxygen atoms in total. The molecule has 1 atom stereocenters. The second-order valence-corrected chi connectivity index (χ2v) is 6.00. The number of hydrogen-bond acceptors (Lipinski definition) is 5. The number of ether oxygens (including phenoxy) is 1. The fourth-order valence-corrected chi connectivity index (χ4v) is 2.67. The van der Waals surface area contributed by atoms with Gasteiger partial charge in [-0.15, -0.1) is 0 Å². The Balaban J connectivity index is 2.54. The first-order valence-corrected chi connectivity index (χ1v) is 6.90. The minimum absolute atomic E-state index is 0.312. The van der Waals surface area contributed by atoms with E-state index < -0.39 is 5.60 Å². The van der Waals surface area contributed by atoms with Crippen molar-refractivity contribution in [1.82, 2.24) is 4.98 Å². The van der Waals surface area contributed by atoms with Crippen molar-refractivity contribution in [2.24, 2.45) is 4.99 Å². The van der Waals surface area contributed by atoms with Crippen molar-refractivity contribution < 1.29 is 14.9 Å². The molecule has 1 aliphatic heterocycles. The van der Waals surface area contributed by atoms with Crippen LogP contribution in [0.15, 0.2) is 27.9 Å². The summed E-state index contributed by atoms with van der Waals surface area (Å²) in [6.45, 7) is 6.31. The van der Waals surface area contributed by atoms with Crippen LogP contribution in [0.1, 0.15) is 32.8 Å². The van der Waals surface area contributed by atoms with Crippen LogP contribution in [-0.2, 0) is 15.2 Å². The van der Waals surface area contributed by atoms with Gasteiger partial charge < -0.3 is 4.74 Å². The highest BCUT2D eigenvalue weighted by molar-refractivity contribution is 9.10. The van der Waals surface area contributed by atoms with Crippen LogP contribution in [0, 0.1) is 0 Å². The molecule has 0 radical (unpaired) electrons. The van der Waals surface area contributed by atoms with Crippen LogP contribution in [0.3, 0.4) is 0 Å². The molecule has 19 heavy (non-hydrogen) atoms. The van der Waals surface area contributed by atoms with Crippen molar-refractivity contribution in [3.05, 3.63) is 28.5 Å². The van der Waals surface area contributed by atoms with Crippen LogP contribution < -0.4 is 0 Å². The summed E-state index contributed by atoms with van der Waals surface area (Å²) in [5, 5.41) is 9.48. The number of rotatable bonds is 4. The maximum Gasteiger partial charge on any atom is 0.225 e. The first-order chi connectivity index (χ1) is 8.95. The molecule has 1 aliphatic rings. The van der Waals surface area contributed by atoms with Gasteiger partial charge in [0.05, 0.1) is 5.54 Å². The molecular weight excluding hydrogens is 312 g/mol. The van der Waals surface area contributed by atoms with Crippen molar-refractivity contribution in [2.75, 3.05) is 6.61 Å². The van der Waals surface area contributed by atoms with Gasteiger partial charge in [-0.05, 0) is 42.3 Å². The normalized spacial score (nSPS) is 20.6. The average molecular weight is 329 g/mol. The first kappa shape index (κ1) is 14.4. The second kappa shape index (κ2) is 5.19. The molecule has 0 bridgehead atoms. The van der Waals surface area contributed by atoms with Gasteiger partial charge in [-0.2, -0.15) is 0 Å². The Morgan fingerprint density at radius 1 is 1.58 bits per heavy atom. The predicted octanol–water partition coefficient (Wildman–Crippen LogP) is 3.15. The SMILES string of the molecule is CCC(OO)(C1=NC(C)(C)CO1)c1ccncc1Br. The van der Waals surface area contributed by atoms with E-state index in [-0.39, 0.29) is 5.54 Å². The summed E-state index contributed by atoms with van der Waals surface area (Å²) < 4.78 is 6.39. The number of aliphatic imine (C=N–C) groups is 1. The summed E-state index contributed by atoms with van der Waals surface area (Å²) in [6, 6.07) is 1.78. The molecule has 1 unspecified atom stereocenters. The van der Waals surface area contributed by atoms with Gasteiger partial charge in [0, 0.05) is 22.4 Å². The topological polar surface area (TPSA) is 63.9 Å². The molecule has 0 amide bonds. The number of hydrogen-bond donors (Lipinski definition) is 1. The number of nitrogens with zero attached hydrogens (tertiary/aromatic N) is 2. The minimum Gasteiger partial charge on any atom is -0.476 e. The third kappa shape index (κ3) is 2.52. The van der Waals surface area contributed by atoms with E-state index in [1.54, 1.807) is 18.5 Å². The standard InChI is InChI=1S/C13H17BrN2O3/c1-4-13(19-17,9-5-6-15-7-10(9)14)11-16-12(2,3)8-18-11/h5-7,17H,4,8H2,1-3H3. The zero-order valence-electron chi connectivity index (χ0n) is 11.2. The van der Waals surface area contributed by atoms with Crippen molar-refractivity contribution in [3.63, 3.8) is 0 Å². The highest BCUT2D eigenvalue weighted by Crippen LogP contribution is 2.38. The lowest BCUT2D eigenvalue weighted by Crippen LogP contribution is -2.38. The minimum atomic E-state index is -1.10. The molecule has 104 valence electrons. The van der Waals surface area contributed by atoms with Gasteiger partial charge in [0.15, 0.2) is 0 Å². The van der Waals surface area contributed by atoms with Gasteiger partial charge in [-0.1, -0.05) is 6.92 Å². The summed E-state index contributed by atoms with van der Waals surface area (Å²) in [5.41, 5.74) is -0.674. The summed E-state index contributed by atoms with van der Waals surface area (Å²) in [7, 11) is 0. The molecule has 0 aromatic carbocycles. The number of halogens is 1. The van der Waals surface area contributed by atoms with Gasteiger partial charge in [-0.3, -0.25) is 10.2 Å². The molecular formula is C13H17BrN2O3. The maximum atomic E-state index is 9.48. The Morgan fingerprint density at radius 2 is 2.32 bits per heavy atom. The Hall–Kier alpha value is -0.980. The zero-order chi connectivity index (χ0) is 14.1. The van der Waals surface area contributed by atoms with Crippen LogP contribution in [0.4, 0.5) is 0 Å². The highest BCUT2D eigenvalue weighted by atomic mass is 79.9. The second-order valence-electron chi connectivity index (χ2n) is 5.15. The fraction of sp³-hybridized carbons (Fsp3) is 0.538. The van der Waals surface area contributed by atoms with Gasteiger partial charge >= 0.3 is 0 Å².